The Morgan fingerprint density at radius 3 is 2.54 bits per heavy atom. The zero-order valence-electron chi connectivity index (χ0n) is 18.9. The molecule has 0 fully saturated rings. The normalized spacial score (nSPS) is 16.8. The van der Waals surface area contributed by atoms with E-state index in [1.54, 1.807) is 11.8 Å². The van der Waals surface area contributed by atoms with Gasteiger partial charge in [-0.3, -0.25) is 10.1 Å². The first-order valence-corrected chi connectivity index (χ1v) is 11.9. The van der Waals surface area contributed by atoms with Gasteiger partial charge in [-0.2, -0.15) is 4.98 Å². The minimum atomic E-state index is -0.207. The number of aromatic nitrogens is 3. The van der Waals surface area contributed by atoms with Crippen LogP contribution in [0.2, 0.25) is 10.0 Å². The molecule has 1 aliphatic heterocycles. The number of benzene rings is 3. The third kappa shape index (κ3) is 5.11. The monoisotopic (exact) mass is 507 g/mol. The van der Waals surface area contributed by atoms with E-state index < -0.39 is 0 Å². The summed E-state index contributed by atoms with van der Waals surface area (Å²) in [6.45, 7) is 0. The lowest BCUT2D eigenvalue weighted by Crippen LogP contribution is -2.28. The first-order valence-electron chi connectivity index (χ1n) is 11.2. The maximum Gasteiger partial charge on any atom is 0.250 e. The van der Waals surface area contributed by atoms with Gasteiger partial charge in [0, 0.05) is 10.0 Å². The minimum Gasteiger partial charge on any atom is -0.497 e. The van der Waals surface area contributed by atoms with Gasteiger partial charge < -0.3 is 10.1 Å². The molecule has 5 rings (SSSR count). The summed E-state index contributed by atoms with van der Waals surface area (Å²) in [4.78, 5) is 17.3. The van der Waals surface area contributed by atoms with Crippen LogP contribution in [0.5, 0.6) is 5.75 Å². The van der Waals surface area contributed by atoms with Gasteiger partial charge in [0.25, 0.3) is 5.95 Å². The lowest BCUT2D eigenvalue weighted by atomic mass is 9.93. The van der Waals surface area contributed by atoms with E-state index in [1.807, 2.05) is 72.8 Å². The Balaban J connectivity index is 1.41. The number of halogens is 2. The summed E-state index contributed by atoms with van der Waals surface area (Å²) in [6, 6.07) is 22.6. The third-order valence-corrected chi connectivity index (χ3v) is 6.60. The number of anilines is 2. The summed E-state index contributed by atoms with van der Waals surface area (Å²) in [5.74, 6) is 1.33. The number of methoxy groups -OCH3 is 1. The average molecular weight is 508 g/mol. The Hall–Kier alpha value is -3.55. The number of rotatable bonds is 6. The first kappa shape index (κ1) is 23.2. The molecule has 2 atom stereocenters. The standard InChI is InChI=1S/C26H23Cl2N5O2/c1-35-19-12-6-16(7-13-19)14-24(34)30-25-31-26-29-22(17-8-10-18(27)11-9-17)15-23(33(26)32-25)20-4-2-3-5-21(20)28/h2-13,22-23H,14-15H2,1H3,(H2,29,30,31,32,34). The molecule has 1 amide bonds. The van der Waals surface area contributed by atoms with Crippen molar-refractivity contribution in [1.82, 2.24) is 14.8 Å². The molecule has 0 aliphatic carbocycles. The van der Waals surface area contributed by atoms with Crippen LogP contribution in [0.1, 0.15) is 35.2 Å². The molecule has 1 aromatic heterocycles. The molecule has 2 unspecified atom stereocenters. The summed E-state index contributed by atoms with van der Waals surface area (Å²) in [6.07, 6.45) is 0.892. The molecule has 4 aromatic rings. The van der Waals surface area contributed by atoms with E-state index >= 15 is 0 Å². The van der Waals surface area contributed by atoms with Gasteiger partial charge in [0.2, 0.25) is 11.9 Å². The molecular formula is C26H23Cl2N5O2. The molecule has 0 radical (unpaired) electrons. The fourth-order valence-corrected chi connectivity index (χ4v) is 4.63. The van der Waals surface area contributed by atoms with Crippen LogP contribution in [0.15, 0.2) is 72.8 Å². The Kier molecular flexibility index (Phi) is 6.61. The van der Waals surface area contributed by atoms with Gasteiger partial charge in [-0.25, -0.2) is 4.68 Å². The van der Waals surface area contributed by atoms with E-state index in [0.29, 0.717) is 22.4 Å². The van der Waals surface area contributed by atoms with E-state index in [4.69, 9.17) is 27.9 Å². The van der Waals surface area contributed by atoms with Crippen molar-refractivity contribution in [2.45, 2.75) is 24.9 Å². The summed E-state index contributed by atoms with van der Waals surface area (Å²) < 4.78 is 6.96. The predicted octanol–water partition coefficient (Wildman–Crippen LogP) is 5.92. The fraction of sp³-hybridized carbons (Fsp3) is 0.192. The number of hydrogen-bond acceptors (Lipinski definition) is 5. The smallest absolute Gasteiger partial charge is 0.250 e. The number of amides is 1. The van der Waals surface area contributed by atoms with Crippen LogP contribution in [-0.2, 0) is 11.2 Å². The highest BCUT2D eigenvalue weighted by Crippen LogP contribution is 2.40. The molecule has 0 bridgehead atoms. The molecule has 0 saturated heterocycles. The highest BCUT2D eigenvalue weighted by Gasteiger charge is 2.32. The fourth-order valence-electron chi connectivity index (χ4n) is 4.25. The molecule has 0 spiro atoms. The van der Waals surface area contributed by atoms with Gasteiger partial charge in [-0.1, -0.05) is 65.7 Å². The number of nitrogens with one attached hydrogen (secondary N) is 2. The van der Waals surface area contributed by atoms with Crippen LogP contribution < -0.4 is 15.4 Å². The SMILES string of the molecule is COc1ccc(CC(=O)Nc2nc3n(n2)C(c2ccccc2Cl)CC(c2ccc(Cl)cc2)N3)cc1. The maximum absolute atomic E-state index is 12.7. The number of nitrogens with zero attached hydrogens (tertiary/aromatic N) is 3. The topological polar surface area (TPSA) is 81.1 Å². The van der Waals surface area contributed by atoms with Gasteiger partial charge in [0.05, 0.1) is 25.6 Å². The second-order valence-electron chi connectivity index (χ2n) is 8.30. The molecule has 3 aromatic carbocycles. The van der Waals surface area contributed by atoms with Gasteiger partial charge in [0.15, 0.2) is 0 Å². The van der Waals surface area contributed by atoms with Gasteiger partial charge in [-0.15, -0.1) is 5.10 Å². The van der Waals surface area contributed by atoms with Crippen molar-refractivity contribution in [2.75, 3.05) is 17.7 Å². The molecule has 35 heavy (non-hydrogen) atoms. The zero-order valence-corrected chi connectivity index (χ0v) is 20.4. The van der Waals surface area contributed by atoms with Crippen LogP contribution in [0.4, 0.5) is 11.9 Å². The molecular weight excluding hydrogens is 485 g/mol. The summed E-state index contributed by atoms with van der Waals surface area (Å²) in [5, 5.41) is 12.2. The summed E-state index contributed by atoms with van der Waals surface area (Å²) in [5.41, 5.74) is 2.88. The molecule has 178 valence electrons. The van der Waals surface area contributed by atoms with E-state index in [-0.39, 0.29) is 30.4 Å². The number of carbonyl (C=O) groups is 1. The van der Waals surface area contributed by atoms with Crippen LogP contribution >= 0.6 is 23.2 Å². The Labute approximate surface area is 213 Å². The molecule has 9 heteroatoms. The largest absolute Gasteiger partial charge is 0.497 e. The van der Waals surface area contributed by atoms with Gasteiger partial charge >= 0.3 is 0 Å². The third-order valence-electron chi connectivity index (χ3n) is 6.00. The number of hydrogen-bond donors (Lipinski definition) is 2. The van der Waals surface area contributed by atoms with Gasteiger partial charge in [0.1, 0.15) is 5.75 Å². The number of ether oxygens (including phenoxy) is 1. The first-order chi connectivity index (χ1) is 17.0. The molecule has 2 N–H and O–H groups in total. The van der Waals surface area contributed by atoms with Crippen molar-refractivity contribution < 1.29 is 9.53 Å². The Morgan fingerprint density at radius 2 is 1.83 bits per heavy atom. The average Bonchev–Trinajstić information content (AvgIpc) is 3.27. The van der Waals surface area contributed by atoms with Crippen LogP contribution in [-0.4, -0.2) is 27.8 Å². The van der Waals surface area contributed by atoms with Crippen LogP contribution in [0, 0.1) is 0 Å². The van der Waals surface area contributed by atoms with Crippen molar-refractivity contribution >= 4 is 41.0 Å². The lowest BCUT2D eigenvalue weighted by molar-refractivity contribution is -0.115. The van der Waals surface area contributed by atoms with Crippen molar-refractivity contribution in [3.63, 3.8) is 0 Å². The van der Waals surface area contributed by atoms with Crippen molar-refractivity contribution in [3.05, 3.63) is 99.5 Å². The summed E-state index contributed by atoms with van der Waals surface area (Å²) >= 11 is 12.7. The van der Waals surface area contributed by atoms with Crippen molar-refractivity contribution in [1.29, 1.82) is 0 Å². The second-order valence-corrected chi connectivity index (χ2v) is 9.14. The number of carbonyl (C=O) groups excluding carboxylic acids is 1. The highest BCUT2D eigenvalue weighted by molar-refractivity contribution is 6.31. The molecule has 2 heterocycles. The quantitative estimate of drug-likeness (QED) is 0.338. The molecule has 1 aliphatic rings. The van der Waals surface area contributed by atoms with Crippen molar-refractivity contribution in [2.24, 2.45) is 0 Å². The van der Waals surface area contributed by atoms with E-state index in [2.05, 4.69) is 20.7 Å². The van der Waals surface area contributed by atoms with Crippen molar-refractivity contribution in [3.8, 4) is 5.75 Å². The summed E-state index contributed by atoms with van der Waals surface area (Å²) in [7, 11) is 1.61. The molecule has 7 nitrogen and oxygen atoms in total. The van der Waals surface area contributed by atoms with Gasteiger partial charge in [-0.05, 0) is 53.4 Å². The maximum atomic E-state index is 12.7. The Bertz CT molecular complexity index is 1340. The number of fused-ring (bicyclic) bond motifs is 1. The minimum absolute atomic E-state index is 0.0342. The second kappa shape index (κ2) is 9.98. The van der Waals surface area contributed by atoms with E-state index in [1.165, 1.54) is 0 Å². The predicted molar refractivity (Wildman–Crippen MR) is 137 cm³/mol. The van der Waals surface area contributed by atoms with Crippen LogP contribution in [0.3, 0.4) is 0 Å². The molecule has 0 saturated carbocycles. The Morgan fingerprint density at radius 1 is 1.09 bits per heavy atom. The highest BCUT2D eigenvalue weighted by atomic mass is 35.5. The van der Waals surface area contributed by atoms with E-state index in [9.17, 15) is 4.79 Å². The van der Waals surface area contributed by atoms with E-state index in [0.717, 1.165) is 22.4 Å². The lowest BCUT2D eigenvalue weighted by Gasteiger charge is -2.32. The zero-order chi connectivity index (χ0) is 24.4. The van der Waals surface area contributed by atoms with Crippen LogP contribution in [0.25, 0.3) is 0 Å².